The number of benzene rings is 1. The van der Waals surface area contributed by atoms with Gasteiger partial charge >= 0.3 is 48.4 Å². The van der Waals surface area contributed by atoms with Crippen LogP contribution in [0.5, 0.6) is 0 Å². The number of amides is 1. The van der Waals surface area contributed by atoms with Gasteiger partial charge in [0.2, 0.25) is 0 Å². The molecule has 0 fully saturated rings. The van der Waals surface area contributed by atoms with Crippen LogP contribution >= 0.6 is 0 Å². The second kappa shape index (κ2) is 8.35. The van der Waals surface area contributed by atoms with Crippen LogP contribution in [0.4, 0.5) is 0 Å². The Kier molecular flexibility index (Phi) is 9.70. The van der Waals surface area contributed by atoms with Gasteiger partial charge < -0.3 is 9.52 Å². The molecule has 76 valence electrons. The summed E-state index contributed by atoms with van der Waals surface area (Å²) in [6.45, 7) is 1.55. The summed E-state index contributed by atoms with van der Waals surface area (Å²) in [6, 6.07) is 8.50. The van der Waals surface area contributed by atoms with Gasteiger partial charge in [-0.1, -0.05) is 11.8 Å². The van der Waals surface area contributed by atoms with Crippen LogP contribution in [0, 0.1) is 6.07 Å². The quantitative estimate of drug-likeness (QED) is 0.396. The van der Waals surface area contributed by atoms with E-state index in [9.17, 15) is 13.2 Å². The molecule has 0 aliphatic heterocycles. The Bertz CT molecular complexity index is 422. The van der Waals surface area contributed by atoms with Crippen molar-refractivity contribution in [3.05, 3.63) is 35.1 Å². The van der Waals surface area contributed by atoms with Crippen LogP contribution in [0.15, 0.2) is 29.2 Å². The molecule has 1 amide bonds. The van der Waals surface area contributed by atoms with E-state index in [1.54, 1.807) is 19.1 Å². The number of sulfonamides is 1. The normalized spacial score (nSPS) is 9.56. The van der Waals surface area contributed by atoms with E-state index in [-0.39, 0.29) is 59.7 Å². The maximum atomic E-state index is 11.4. The molecule has 0 atom stereocenters. The molecule has 4 nitrogen and oxygen atoms in total. The van der Waals surface area contributed by atoms with Crippen molar-refractivity contribution >= 4 is 15.9 Å². The van der Waals surface area contributed by atoms with E-state index in [4.69, 9.17) is 0 Å². The third-order valence-corrected chi connectivity index (χ3v) is 2.74. The van der Waals surface area contributed by atoms with Crippen LogP contribution in [0.3, 0.4) is 0 Å². The van der Waals surface area contributed by atoms with Gasteiger partial charge in [0.15, 0.2) is 0 Å². The first-order valence-corrected chi connectivity index (χ1v) is 5.48. The molecule has 0 radical (unpaired) electrons. The van der Waals surface area contributed by atoms with Crippen molar-refractivity contribution in [2.24, 2.45) is 0 Å². The Morgan fingerprint density at radius 2 is 2.06 bits per heavy atom. The average molecular weight is 241 g/mol. The van der Waals surface area contributed by atoms with Gasteiger partial charge in [-0.25, -0.2) is 8.42 Å². The smallest absolute Gasteiger partial charge is 0.544 e. The molecule has 0 bridgehead atoms. The molecule has 0 heterocycles. The van der Waals surface area contributed by atoms with E-state index < -0.39 is 15.9 Å². The Balaban J connectivity index is 0. The summed E-state index contributed by atoms with van der Waals surface area (Å²) in [5, 5.41) is 0. The van der Waals surface area contributed by atoms with Gasteiger partial charge in [-0.2, -0.15) is 30.3 Å². The molecule has 0 saturated carbocycles. The second-order valence-electron chi connectivity index (χ2n) is 2.54. The minimum absolute atomic E-state index is 0. The van der Waals surface area contributed by atoms with E-state index in [1.807, 2.05) is 0 Å². The molecule has 0 N–H and O–H groups in total. The third kappa shape index (κ3) is 5.53. The summed E-state index contributed by atoms with van der Waals surface area (Å²) in [5.41, 5.74) is 0. The molecule has 0 aliphatic carbocycles. The summed E-state index contributed by atoms with van der Waals surface area (Å²) in [4.78, 5) is 10.8. The number of carbonyl (C=O) groups is 1. The number of rotatable bonds is 3. The molecule has 0 spiro atoms. The first kappa shape index (κ1) is 18.6. The molecule has 0 unspecified atom stereocenters. The van der Waals surface area contributed by atoms with Crippen LogP contribution in [0.2, 0.25) is 0 Å². The summed E-state index contributed by atoms with van der Waals surface area (Å²) < 4.78 is 25.9. The maximum absolute atomic E-state index is 11.4. The minimum Gasteiger partial charge on any atom is -0.544 e. The molecule has 7 heteroatoms. The summed E-state index contributed by atoms with van der Waals surface area (Å²) in [7, 11) is -3.85. The molecule has 0 aliphatic rings. The molecule has 16 heavy (non-hydrogen) atoms. The van der Waals surface area contributed by atoms with Crippen LogP contribution in [0.25, 0.3) is 4.72 Å². The van der Waals surface area contributed by atoms with E-state index in [2.05, 4.69) is 10.8 Å². The topological polar surface area (TPSA) is 65.3 Å². The van der Waals surface area contributed by atoms with Gasteiger partial charge in [0, 0.05) is 0 Å². The Labute approximate surface area is 130 Å². The first-order valence-electron chi connectivity index (χ1n) is 4.04. The molecule has 1 aromatic carbocycles. The molecular weight excluding hydrogens is 232 g/mol. The predicted molar refractivity (Wildman–Crippen MR) is 51.1 cm³/mol. The van der Waals surface area contributed by atoms with Crippen molar-refractivity contribution in [2.45, 2.75) is 18.2 Å². The molecular formula is C9H9LiNNaO3S. The van der Waals surface area contributed by atoms with Crippen LogP contribution in [0.1, 0.15) is 13.3 Å². The van der Waals surface area contributed by atoms with E-state index >= 15 is 0 Å². The van der Waals surface area contributed by atoms with Gasteiger partial charge in [-0.05, 0) is 6.42 Å². The van der Waals surface area contributed by atoms with E-state index in [1.165, 1.54) is 12.1 Å². The van der Waals surface area contributed by atoms with Crippen molar-refractivity contribution in [2.75, 3.05) is 0 Å². The van der Waals surface area contributed by atoms with Crippen molar-refractivity contribution in [1.82, 2.24) is 0 Å². The fraction of sp³-hybridized carbons (Fsp3) is 0.222. The van der Waals surface area contributed by atoms with Crippen molar-refractivity contribution in [3.8, 4) is 0 Å². The van der Waals surface area contributed by atoms with Gasteiger partial charge in [0.1, 0.15) is 10.0 Å². The zero-order chi connectivity index (χ0) is 10.6. The average Bonchev–Trinajstić information content (AvgIpc) is 2.18. The van der Waals surface area contributed by atoms with Crippen molar-refractivity contribution < 1.29 is 61.6 Å². The maximum Gasteiger partial charge on any atom is 1.00 e. The van der Waals surface area contributed by atoms with Crippen LogP contribution < -0.4 is 48.4 Å². The predicted octanol–water partition coefficient (Wildman–Crippen LogP) is -4.51. The van der Waals surface area contributed by atoms with E-state index in [0.29, 0.717) is 0 Å². The SMILES string of the molecule is CCC(=O)[N-]S(=O)(=O)c1[c-]cccc1.[Li+].[Na+]. The van der Waals surface area contributed by atoms with Gasteiger partial charge in [-0.3, -0.25) is 0 Å². The Morgan fingerprint density at radius 3 is 2.50 bits per heavy atom. The molecule has 1 rings (SSSR count). The number of hydrogen-bond acceptors (Lipinski definition) is 3. The van der Waals surface area contributed by atoms with Crippen molar-refractivity contribution in [1.29, 1.82) is 0 Å². The Hall–Kier alpha value is 0.237. The number of carbonyl (C=O) groups excluding carboxylic acids is 1. The Morgan fingerprint density at radius 1 is 1.44 bits per heavy atom. The monoisotopic (exact) mass is 241 g/mol. The van der Waals surface area contributed by atoms with Gasteiger partial charge in [0.05, 0.1) is 5.91 Å². The summed E-state index contributed by atoms with van der Waals surface area (Å²) >= 11 is 0. The van der Waals surface area contributed by atoms with Gasteiger partial charge in [0.25, 0.3) is 0 Å². The summed E-state index contributed by atoms with van der Waals surface area (Å²) in [5.74, 6) is -0.651. The second-order valence-corrected chi connectivity index (χ2v) is 4.11. The zero-order valence-electron chi connectivity index (χ0n) is 9.60. The first-order chi connectivity index (χ1) is 6.56. The standard InChI is InChI=1S/C9H10NO3S.Li.Na/c1-2-9(11)10-14(12,13)8-6-4-3-5-7-8;;/h3-6H,2H2,1H3,(H,10,11);;/q-1;2*+1/p-1. The van der Waals surface area contributed by atoms with Crippen LogP contribution in [-0.4, -0.2) is 14.3 Å². The number of hydrogen-bond donors (Lipinski definition) is 0. The largest absolute Gasteiger partial charge is 1.00 e. The van der Waals surface area contributed by atoms with Gasteiger partial charge in [-0.15, -0.1) is 0 Å². The van der Waals surface area contributed by atoms with Crippen molar-refractivity contribution in [3.63, 3.8) is 0 Å². The fourth-order valence-electron chi connectivity index (χ4n) is 0.785. The fourth-order valence-corrected chi connectivity index (χ4v) is 1.75. The molecule has 0 saturated heterocycles. The summed E-state index contributed by atoms with van der Waals surface area (Å²) in [6.07, 6.45) is 0.0755. The zero-order valence-corrected chi connectivity index (χ0v) is 12.4. The van der Waals surface area contributed by atoms with Crippen LogP contribution in [-0.2, 0) is 14.8 Å². The molecule has 1 aromatic rings. The minimum atomic E-state index is -3.85. The van der Waals surface area contributed by atoms with E-state index in [0.717, 1.165) is 0 Å². The molecule has 0 aromatic heterocycles. The third-order valence-electron chi connectivity index (χ3n) is 1.48. The number of nitrogens with zero attached hydrogens (tertiary/aromatic N) is 1.